The van der Waals surface area contributed by atoms with Crippen molar-refractivity contribution in [1.29, 1.82) is 0 Å². The zero-order valence-corrected chi connectivity index (χ0v) is 9.72. The van der Waals surface area contributed by atoms with Crippen molar-refractivity contribution >= 4 is 15.6 Å². The molecular weight excluding hydrogens is 236 g/mol. The van der Waals surface area contributed by atoms with E-state index < -0.39 is 21.0 Å². The first-order valence-corrected chi connectivity index (χ1v) is 6.89. The Kier molecular flexibility index (Phi) is 2.10. The summed E-state index contributed by atoms with van der Waals surface area (Å²) in [7, 11) is -3.43. The van der Waals surface area contributed by atoms with Crippen LogP contribution < -0.4 is 0 Å². The standard InChI is InChI=1S/C13H10O3S/c14-13-9-5-1-3-7-11(9)17(15,16)12-8-4-2-6-10(12)13/h1-9,11H. The smallest absolute Gasteiger partial charge is 0.186 e. The lowest BCUT2D eigenvalue weighted by Gasteiger charge is -2.29. The summed E-state index contributed by atoms with van der Waals surface area (Å²) in [4.78, 5) is 12.3. The van der Waals surface area contributed by atoms with Gasteiger partial charge in [0.2, 0.25) is 0 Å². The Morgan fingerprint density at radius 3 is 2.53 bits per heavy atom. The molecule has 2 unspecified atom stereocenters. The van der Waals surface area contributed by atoms with E-state index in [4.69, 9.17) is 0 Å². The highest BCUT2D eigenvalue weighted by Crippen LogP contribution is 2.36. The molecule has 4 heteroatoms. The minimum absolute atomic E-state index is 0.110. The molecule has 3 rings (SSSR count). The van der Waals surface area contributed by atoms with Crippen LogP contribution in [-0.4, -0.2) is 19.5 Å². The van der Waals surface area contributed by atoms with Gasteiger partial charge in [-0.05, 0) is 6.07 Å². The zero-order valence-electron chi connectivity index (χ0n) is 8.91. The van der Waals surface area contributed by atoms with Crippen molar-refractivity contribution in [2.75, 3.05) is 0 Å². The van der Waals surface area contributed by atoms with E-state index in [1.807, 2.05) is 0 Å². The number of fused-ring (bicyclic) bond motifs is 2. The second-order valence-electron chi connectivity index (χ2n) is 4.17. The number of hydrogen-bond acceptors (Lipinski definition) is 3. The van der Waals surface area contributed by atoms with Crippen LogP contribution in [0.1, 0.15) is 10.4 Å². The lowest BCUT2D eigenvalue weighted by molar-refractivity contribution is 0.0939. The van der Waals surface area contributed by atoms with Crippen LogP contribution in [0, 0.1) is 5.92 Å². The van der Waals surface area contributed by atoms with E-state index in [0.717, 1.165) is 0 Å². The van der Waals surface area contributed by atoms with Gasteiger partial charge in [-0.2, -0.15) is 0 Å². The predicted molar refractivity (Wildman–Crippen MR) is 63.5 cm³/mol. The molecule has 0 aromatic heterocycles. The van der Waals surface area contributed by atoms with Crippen LogP contribution in [0.3, 0.4) is 0 Å². The third kappa shape index (κ3) is 1.34. The minimum Gasteiger partial charge on any atom is -0.293 e. The first kappa shape index (κ1) is 10.5. The van der Waals surface area contributed by atoms with E-state index in [0.29, 0.717) is 5.56 Å². The molecule has 1 aromatic rings. The summed E-state index contributed by atoms with van der Waals surface area (Å²) < 4.78 is 24.7. The molecule has 86 valence electrons. The molecule has 0 saturated heterocycles. The molecular formula is C13H10O3S. The largest absolute Gasteiger partial charge is 0.293 e. The quantitative estimate of drug-likeness (QED) is 0.701. The molecule has 0 fully saturated rings. The number of hydrogen-bond donors (Lipinski definition) is 0. The molecule has 1 aliphatic carbocycles. The molecule has 17 heavy (non-hydrogen) atoms. The molecule has 0 amide bonds. The topological polar surface area (TPSA) is 51.2 Å². The van der Waals surface area contributed by atoms with E-state index in [2.05, 4.69) is 0 Å². The Morgan fingerprint density at radius 1 is 1.00 bits per heavy atom. The summed E-state index contributed by atoms with van der Waals surface area (Å²) >= 11 is 0. The Morgan fingerprint density at radius 2 is 1.71 bits per heavy atom. The first-order chi connectivity index (χ1) is 8.12. The SMILES string of the molecule is O=C1c2ccccc2S(=O)(=O)C2C=CC=CC12. The Bertz CT molecular complexity index is 653. The van der Waals surface area contributed by atoms with Crippen molar-refractivity contribution in [2.24, 2.45) is 5.92 Å². The minimum atomic E-state index is -3.43. The summed E-state index contributed by atoms with van der Waals surface area (Å²) in [6, 6.07) is 6.42. The van der Waals surface area contributed by atoms with Gasteiger partial charge in [-0.25, -0.2) is 8.42 Å². The average Bonchev–Trinajstić information content (AvgIpc) is 2.37. The van der Waals surface area contributed by atoms with Crippen LogP contribution >= 0.6 is 0 Å². The Labute approximate surface area is 99.4 Å². The maximum atomic E-state index is 12.3. The highest BCUT2D eigenvalue weighted by Gasteiger charge is 2.43. The lowest BCUT2D eigenvalue weighted by atomic mass is 9.91. The maximum Gasteiger partial charge on any atom is 0.186 e. The van der Waals surface area contributed by atoms with Gasteiger partial charge in [-0.1, -0.05) is 42.5 Å². The van der Waals surface area contributed by atoms with Crippen molar-refractivity contribution in [2.45, 2.75) is 10.1 Å². The van der Waals surface area contributed by atoms with Gasteiger partial charge in [-0.15, -0.1) is 0 Å². The number of Topliss-reactive ketones (excluding diaryl/α,β-unsaturated/α-hetero) is 1. The van der Waals surface area contributed by atoms with Crippen molar-refractivity contribution in [3.8, 4) is 0 Å². The van der Waals surface area contributed by atoms with Crippen molar-refractivity contribution in [3.05, 3.63) is 54.1 Å². The Balaban J connectivity index is 2.33. The molecule has 3 nitrogen and oxygen atoms in total. The van der Waals surface area contributed by atoms with Crippen LogP contribution in [0.5, 0.6) is 0 Å². The number of ketones is 1. The fourth-order valence-electron chi connectivity index (χ4n) is 2.36. The van der Waals surface area contributed by atoms with Gasteiger partial charge < -0.3 is 0 Å². The predicted octanol–water partition coefficient (Wildman–Crippen LogP) is 1.77. The second-order valence-corrected chi connectivity index (χ2v) is 6.24. The summed E-state index contributed by atoms with van der Waals surface area (Å²) in [5, 5.41) is -0.741. The monoisotopic (exact) mass is 246 g/mol. The van der Waals surface area contributed by atoms with Gasteiger partial charge in [-0.3, -0.25) is 4.79 Å². The third-order valence-electron chi connectivity index (χ3n) is 3.20. The van der Waals surface area contributed by atoms with E-state index in [-0.39, 0.29) is 10.7 Å². The van der Waals surface area contributed by atoms with Gasteiger partial charge in [0.25, 0.3) is 0 Å². The van der Waals surface area contributed by atoms with Gasteiger partial charge >= 0.3 is 0 Å². The highest BCUT2D eigenvalue weighted by atomic mass is 32.2. The molecule has 2 atom stereocenters. The van der Waals surface area contributed by atoms with Crippen LogP contribution in [0.15, 0.2) is 53.5 Å². The molecule has 0 saturated carbocycles. The van der Waals surface area contributed by atoms with Gasteiger partial charge in [0.1, 0.15) is 0 Å². The number of carbonyl (C=O) groups excluding carboxylic acids is 1. The fraction of sp³-hybridized carbons (Fsp3) is 0.154. The van der Waals surface area contributed by atoms with Crippen LogP contribution in [0.2, 0.25) is 0 Å². The van der Waals surface area contributed by atoms with Crippen LogP contribution in [0.25, 0.3) is 0 Å². The summed E-state index contributed by atoms with van der Waals surface area (Å²) in [5.41, 5.74) is 0.314. The zero-order chi connectivity index (χ0) is 12.0. The molecule has 0 spiro atoms. The number of carbonyl (C=O) groups is 1. The van der Waals surface area contributed by atoms with Crippen molar-refractivity contribution < 1.29 is 13.2 Å². The summed E-state index contributed by atoms with van der Waals surface area (Å²) in [6.45, 7) is 0. The molecule has 2 aliphatic rings. The second kappa shape index (κ2) is 3.40. The number of allylic oxidation sites excluding steroid dienone is 3. The molecule has 0 radical (unpaired) electrons. The number of benzene rings is 1. The molecule has 1 heterocycles. The maximum absolute atomic E-state index is 12.3. The highest BCUT2D eigenvalue weighted by molar-refractivity contribution is 7.92. The lowest BCUT2D eigenvalue weighted by Crippen LogP contribution is -2.39. The molecule has 1 aliphatic heterocycles. The van der Waals surface area contributed by atoms with Crippen LogP contribution in [-0.2, 0) is 9.84 Å². The van der Waals surface area contributed by atoms with Gasteiger partial charge in [0, 0.05) is 5.56 Å². The average molecular weight is 246 g/mol. The number of sulfone groups is 1. The van der Waals surface area contributed by atoms with Crippen molar-refractivity contribution in [3.63, 3.8) is 0 Å². The van der Waals surface area contributed by atoms with Gasteiger partial charge in [0.15, 0.2) is 15.6 Å². The van der Waals surface area contributed by atoms with E-state index in [1.165, 1.54) is 6.07 Å². The summed E-state index contributed by atoms with van der Waals surface area (Å²) in [5.74, 6) is -0.680. The van der Waals surface area contributed by atoms with E-state index >= 15 is 0 Å². The number of rotatable bonds is 0. The van der Waals surface area contributed by atoms with Crippen LogP contribution in [0.4, 0.5) is 0 Å². The van der Waals surface area contributed by atoms with Gasteiger partial charge in [0.05, 0.1) is 16.1 Å². The normalized spacial score (nSPS) is 28.6. The molecule has 1 aromatic carbocycles. The summed E-state index contributed by atoms with van der Waals surface area (Å²) in [6.07, 6.45) is 6.66. The fourth-order valence-corrected chi connectivity index (χ4v) is 4.30. The Hall–Kier alpha value is -1.68. The molecule has 0 N–H and O–H groups in total. The third-order valence-corrected chi connectivity index (χ3v) is 5.34. The first-order valence-electron chi connectivity index (χ1n) is 5.34. The van der Waals surface area contributed by atoms with Crippen molar-refractivity contribution in [1.82, 2.24) is 0 Å². The van der Waals surface area contributed by atoms with E-state index in [1.54, 1.807) is 42.5 Å². The molecule has 0 bridgehead atoms. The van der Waals surface area contributed by atoms with E-state index in [9.17, 15) is 13.2 Å².